The van der Waals surface area contributed by atoms with Crippen molar-refractivity contribution in [2.45, 2.75) is 19.9 Å². The van der Waals surface area contributed by atoms with Crippen LogP contribution in [0.3, 0.4) is 0 Å². The smallest absolute Gasteiger partial charge is 0.141 e. The van der Waals surface area contributed by atoms with Crippen molar-refractivity contribution in [3.8, 4) is 17.2 Å². The summed E-state index contributed by atoms with van der Waals surface area (Å²) >= 11 is 0. The number of nitrogens with one attached hydrogen (secondary N) is 1. The van der Waals surface area contributed by atoms with Crippen molar-refractivity contribution in [1.29, 1.82) is 0 Å². The van der Waals surface area contributed by atoms with Gasteiger partial charge < -0.3 is 20.3 Å². The number of anilines is 1. The fourth-order valence-corrected chi connectivity index (χ4v) is 2.22. The van der Waals surface area contributed by atoms with Gasteiger partial charge in [-0.2, -0.15) is 0 Å². The maximum atomic E-state index is 9.89. The topological polar surface area (TPSA) is 61.7 Å². The van der Waals surface area contributed by atoms with Gasteiger partial charge in [-0.1, -0.05) is 12.1 Å². The summed E-state index contributed by atoms with van der Waals surface area (Å²) in [4.78, 5) is 0. The van der Waals surface area contributed by atoms with E-state index in [2.05, 4.69) is 5.32 Å². The molecule has 3 N–H and O–H groups in total. The molecule has 0 heterocycles. The maximum Gasteiger partial charge on any atom is 0.141 e. The summed E-state index contributed by atoms with van der Waals surface area (Å²) in [7, 11) is 1.61. The summed E-state index contributed by atoms with van der Waals surface area (Å²) in [5, 5.41) is 23.0. The normalized spacial score (nSPS) is 11.9. The fraction of sp³-hybridized carbons (Fsp3) is 0.250. The van der Waals surface area contributed by atoms with Crippen LogP contribution in [0.2, 0.25) is 0 Å². The van der Waals surface area contributed by atoms with Crippen molar-refractivity contribution in [3.05, 3.63) is 47.5 Å². The first-order valence-corrected chi connectivity index (χ1v) is 6.45. The van der Waals surface area contributed by atoms with Crippen LogP contribution in [0.5, 0.6) is 17.2 Å². The maximum absolute atomic E-state index is 9.89. The zero-order valence-corrected chi connectivity index (χ0v) is 11.8. The second kappa shape index (κ2) is 5.74. The molecule has 0 aliphatic rings. The van der Waals surface area contributed by atoms with Gasteiger partial charge in [0.05, 0.1) is 24.4 Å². The van der Waals surface area contributed by atoms with Gasteiger partial charge in [0.2, 0.25) is 0 Å². The summed E-state index contributed by atoms with van der Waals surface area (Å²) in [6.45, 7) is 3.86. The van der Waals surface area contributed by atoms with Gasteiger partial charge in [-0.15, -0.1) is 0 Å². The van der Waals surface area contributed by atoms with Crippen LogP contribution in [0.25, 0.3) is 0 Å². The molecule has 0 aliphatic carbocycles. The molecule has 2 aromatic carbocycles. The van der Waals surface area contributed by atoms with E-state index >= 15 is 0 Å². The molecule has 0 aromatic heterocycles. The number of phenols is 2. The Labute approximate surface area is 118 Å². The van der Waals surface area contributed by atoms with Gasteiger partial charge >= 0.3 is 0 Å². The Morgan fingerprint density at radius 2 is 1.75 bits per heavy atom. The third-order valence-corrected chi connectivity index (χ3v) is 3.22. The van der Waals surface area contributed by atoms with Crippen LogP contribution in [-0.2, 0) is 0 Å². The van der Waals surface area contributed by atoms with Gasteiger partial charge in [0, 0.05) is 0 Å². The SMILES string of the molecule is COc1ccc(C)cc1NC(C)c1c(O)cccc1O. The number of hydrogen-bond donors (Lipinski definition) is 3. The van der Waals surface area contributed by atoms with Gasteiger partial charge in [-0.3, -0.25) is 0 Å². The molecule has 0 amide bonds. The molecule has 4 nitrogen and oxygen atoms in total. The number of rotatable bonds is 4. The Bertz CT molecular complexity index is 590. The van der Waals surface area contributed by atoms with Gasteiger partial charge in [-0.25, -0.2) is 0 Å². The standard InChI is InChI=1S/C16H19NO3/c1-10-7-8-15(20-3)12(9-10)17-11(2)16-13(18)5-4-6-14(16)19/h4-9,11,17-19H,1-3H3. The van der Waals surface area contributed by atoms with Crippen molar-refractivity contribution >= 4 is 5.69 Å². The summed E-state index contributed by atoms with van der Waals surface area (Å²) in [5.41, 5.74) is 2.39. The minimum absolute atomic E-state index is 0.0663. The molecule has 0 bridgehead atoms. The Kier molecular flexibility index (Phi) is 4.03. The quantitative estimate of drug-likeness (QED) is 0.796. The van der Waals surface area contributed by atoms with Gasteiger partial charge in [-0.05, 0) is 43.7 Å². The molecule has 1 unspecified atom stereocenters. The highest BCUT2D eigenvalue weighted by Gasteiger charge is 2.16. The van der Waals surface area contributed by atoms with E-state index < -0.39 is 0 Å². The Hall–Kier alpha value is -2.36. The van der Waals surface area contributed by atoms with Crippen molar-refractivity contribution in [3.63, 3.8) is 0 Å². The Morgan fingerprint density at radius 3 is 2.35 bits per heavy atom. The molecule has 20 heavy (non-hydrogen) atoms. The van der Waals surface area contributed by atoms with E-state index in [1.807, 2.05) is 32.0 Å². The van der Waals surface area contributed by atoms with Crippen LogP contribution >= 0.6 is 0 Å². The number of methoxy groups -OCH3 is 1. The molecule has 106 valence electrons. The molecule has 0 saturated heterocycles. The average Bonchev–Trinajstić information content (AvgIpc) is 2.38. The summed E-state index contributed by atoms with van der Waals surface area (Å²) in [5.74, 6) is 0.852. The highest BCUT2D eigenvalue weighted by atomic mass is 16.5. The van der Waals surface area contributed by atoms with Crippen LogP contribution < -0.4 is 10.1 Å². The lowest BCUT2D eigenvalue weighted by Gasteiger charge is -2.20. The molecule has 2 rings (SSSR count). The molecule has 0 saturated carbocycles. The van der Waals surface area contributed by atoms with Crippen molar-refractivity contribution in [2.24, 2.45) is 0 Å². The van der Waals surface area contributed by atoms with E-state index in [0.29, 0.717) is 5.56 Å². The summed E-state index contributed by atoms with van der Waals surface area (Å²) in [6, 6.07) is 10.3. The molecule has 0 fully saturated rings. The van der Waals surface area contributed by atoms with E-state index in [1.165, 1.54) is 0 Å². The number of aryl methyl sites for hydroxylation is 1. The lowest BCUT2D eigenvalue weighted by Crippen LogP contribution is -2.08. The average molecular weight is 273 g/mol. The number of benzene rings is 2. The highest BCUT2D eigenvalue weighted by molar-refractivity contribution is 5.60. The molecule has 0 aliphatic heterocycles. The molecular weight excluding hydrogens is 254 g/mol. The number of phenolic OH excluding ortho intramolecular Hbond substituents is 2. The second-order valence-electron chi connectivity index (χ2n) is 4.78. The lowest BCUT2D eigenvalue weighted by molar-refractivity contribution is 0.415. The van der Waals surface area contributed by atoms with Crippen LogP contribution in [0.15, 0.2) is 36.4 Å². The fourth-order valence-electron chi connectivity index (χ4n) is 2.22. The third kappa shape index (κ3) is 2.79. The molecular formula is C16H19NO3. The largest absolute Gasteiger partial charge is 0.507 e. The van der Waals surface area contributed by atoms with E-state index in [0.717, 1.165) is 17.0 Å². The molecule has 0 radical (unpaired) electrons. The molecule has 2 aromatic rings. The van der Waals surface area contributed by atoms with Crippen LogP contribution in [-0.4, -0.2) is 17.3 Å². The second-order valence-corrected chi connectivity index (χ2v) is 4.78. The first-order valence-electron chi connectivity index (χ1n) is 6.45. The van der Waals surface area contributed by atoms with E-state index in [4.69, 9.17) is 4.74 Å². The molecule has 1 atom stereocenters. The number of ether oxygens (including phenoxy) is 1. The minimum Gasteiger partial charge on any atom is -0.507 e. The van der Waals surface area contributed by atoms with Crippen molar-refractivity contribution < 1.29 is 14.9 Å². The molecule has 0 spiro atoms. The van der Waals surface area contributed by atoms with Crippen molar-refractivity contribution in [2.75, 3.05) is 12.4 Å². The van der Waals surface area contributed by atoms with Crippen LogP contribution in [0.1, 0.15) is 24.1 Å². The Morgan fingerprint density at radius 1 is 1.10 bits per heavy atom. The highest BCUT2D eigenvalue weighted by Crippen LogP contribution is 2.36. The molecule has 4 heteroatoms. The first-order chi connectivity index (χ1) is 9.52. The number of aromatic hydroxyl groups is 2. The Balaban J connectivity index is 2.32. The summed E-state index contributed by atoms with van der Waals surface area (Å²) < 4.78 is 5.31. The minimum atomic E-state index is -0.258. The van der Waals surface area contributed by atoms with Gasteiger partial charge in [0.15, 0.2) is 0 Å². The van der Waals surface area contributed by atoms with Gasteiger partial charge in [0.1, 0.15) is 17.2 Å². The van der Waals surface area contributed by atoms with Crippen LogP contribution in [0.4, 0.5) is 5.69 Å². The zero-order valence-electron chi connectivity index (χ0n) is 11.8. The first kappa shape index (κ1) is 14.1. The number of hydrogen-bond acceptors (Lipinski definition) is 4. The lowest BCUT2D eigenvalue weighted by atomic mass is 10.1. The zero-order chi connectivity index (χ0) is 14.7. The van der Waals surface area contributed by atoms with E-state index in [9.17, 15) is 10.2 Å². The summed E-state index contributed by atoms with van der Waals surface area (Å²) in [6.07, 6.45) is 0. The predicted octanol–water partition coefficient (Wildman–Crippen LogP) is 3.59. The third-order valence-electron chi connectivity index (χ3n) is 3.22. The van der Waals surface area contributed by atoms with Crippen molar-refractivity contribution in [1.82, 2.24) is 0 Å². The predicted molar refractivity (Wildman–Crippen MR) is 79.5 cm³/mol. The monoisotopic (exact) mass is 273 g/mol. The van der Waals surface area contributed by atoms with E-state index in [1.54, 1.807) is 25.3 Å². The van der Waals surface area contributed by atoms with Crippen LogP contribution in [0, 0.1) is 6.92 Å². The van der Waals surface area contributed by atoms with Gasteiger partial charge in [0.25, 0.3) is 0 Å². The van der Waals surface area contributed by atoms with E-state index in [-0.39, 0.29) is 17.5 Å².